The summed E-state index contributed by atoms with van der Waals surface area (Å²) in [5.41, 5.74) is 2.97. The lowest BCUT2D eigenvalue weighted by molar-refractivity contribution is -0.136. The minimum Gasteiger partial charge on any atom is -0.462 e. The molecule has 1 aliphatic heterocycles. The van der Waals surface area contributed by atoms with Gasteiger partial charge >= 0.3 is 5.97 Å². The Bertz CT molecular complexity index is 1200. The van der Waals surface area contributed by atoms with E-state index in [2.05, 4.69) is 4.98 Å². The van der Waals surface area contributed by atoms with Crippen molar-refractivity contribution in [1.82, 2.24) is 9.88 Å². The number of benzene rings is 2. The molecule has 0 saturated heterocycles. The summed E-state index contributed by atoms with van der Waals surface area (Å²) >= 11 is 18.4. The molecule has 1 aromatic heterocycles. The van der Waals surface area contributed by atoms with Gasteiger partial charge in [0.05, 0.1) is 28.5 Å². The molecular formula is C22H17Cl3N2O3. The fourth-order valence-corrected chi connectivity index (χ4v) is 4.23. The molecule has 2 heterocycles. The zero-order chi connectivity index (χ0) is 21.4. The van der Waals surface area contributed by atoms with Gasteiger partial charge in [0.25, 0.3) is 5.91 Å². The van der Waals surface area contributed by atoms with Crippen molar-refractivity contribution in [1.29, 1.82) is 0 Å². The van der Waals surface area contributed by atoms with Crippen molar-refractivity contribution in [2.24, 2.45) is 0 Å². The maximum absolute atomic E-state index is 13.2. The largest absolute Gasteiger partial charge is 0.462 e. The number of aromatic amines is 1. The van der Waals surface area contributed by atoms with E-state index in [-0.39, 0.29) is 23.1 Å². The molecule has 0 saturated carbocycles. The molecule has 154 valence electrons. The number of rotatable bonds is 3. The minimum atomic E-state index is -0.515. The molecule has 30 heavy (non-hydrogen) atoms. The molecule has 0 aliphatic carbocycles. The molecule has 2 aromatic carbocycles. The molecule has 0 bridgehead atoms. The molecule has 3 aromatic rings. The van der Waals surface area contributed by atoms with Crippen LogP contribution in [0.4, 0.5) is 0 Å². The predicted octanol–water partition coefficient (Wildman–Crippen LogP) is 5.73. The van der Waals surface area contributed by atoms with Crippen LogP contribution in [0.25, 0.3) is 16.5 Å². The Kier molecular flexibility index (Phi) is 5.78. The number of H-pyrrole nitrogens is 1. The van der Waals surface area contributed by atoms with Crippen molar-refractivity contribution >= 4 is 63.2 Å². The number of hydrogen-bond acceptors (Lipinski definition) is 3. The number of hydrogen-bond donors (Lipinski definition) is 1. The summed E-state index contributed by atoms with van der Waals surface area (Å²) in [4.78, 5) is 30.7. The van der Waals surface area contributed by atoms with Gasteiger partial charge in [0, 0.05) is 33.7 Å². The van der Waals surface area contributed by atoms with Gasteiger partial charge in [-0.2, -0.15) is 0 Å². The average molecular weight is 464 g/mol. The number of ether oxygens (including phenoxy) is 1. The first kappa shape index (κ1) is 20.8. The molecule has 0 fully saturated rings. The van der Waals surface area contributed by atoms with E-state index in [9.17, 15) is 9.59 Å². The summed E-state index contributed by atoms with van der Waals surface area (Å²) < 4.78 is 5.25. The van der Waals surface area contributed by atoms with Gasteiger partial charge in [-0.25, -0.2) is 4.79 Å². The van der Waals surface area contributed by atoms with Crippen LogP contribution >= 0.6 is 34.8 Å². The third-order valence-corrected chi connectivity index (χ3v) is 5.73. The van der Waals surface area contributed by atoms with Crippen molar-refractivity contribution in [3.63, 3.8) is 0 Å². The van der Waals surface area contributed by atoms with Gasteiger partial charge in [-0.15, -0.1) is 0 Å². The number of carbonyl (C=O) groups excluding carboxylic acids is 2. The van der Waals surface area contributed by atoms with Crippen LogP contribution in [-0.2, 0) is 16.0 Å². The van der Waals surface area contributed by atoms with E-state index in [1.54, 1.807) is 25.1 Å². The van der Waals surface area contributed by atoms with Crippen molar-refractivity contribution in [2.75, 3.05) is 13.2 Å². The summed E-state index contributed by atoms with van der Waals surface area (Å²) in [7, 11) is 0. The van der Waals surface area contributed by atoms with Crippen LogP contribution in [0.15, 0.2) is 42.6 Å². The Hall–Kier alpha value is -2.47. The van der Waals surface area contributed by atoms with E-state index in [1.807, 2.05) is 12.1 Å². The number of carbonyl (C=O) groups is 2. The Morgan fingerprint density at radius 2 is 1.83 bits per heavy atom. The van der Waals surface area contributed by atoms with Crippen LogP contribution in [0.3, 0.4) is 0 Å². The highest BCUT2D eigenvalue weighted by Gasteiger charge is 2.28. The summed E-state index contributed by atoms with van der Waals surface area (Å²) in [6.45, 7) is 2.30. The highest BCUT2D eigenvalue weighted by molar-refractivity contribution is 6.36. The second-order valence-corrected chi connectivity index (χ2v) is 8.08. The smallest absolute Gasteiger partial charge is 0.341 e. The summed E-state index contributed by atoms with van der Waals surface area (Å²) in [5, 5.41) is 2.19. The van der Waals surface area contributed by atoms with Gasteiger partial charge in [-0.05, 0) is 55.3 Å². The molecule has 4 rings (SSSR count). The number of amides is 1. The molecule has 0 atom stereocenters. The van der Waals surface area contributed by atoms with E-state index in [0.29, 0.717) is 34.3 Å². The van der Waals surface area contributed by atoms with Gasteiger partial charge in [-0.1, -0.05) is 34.8 Å². The average Bonchev–Trinajstić information content (AvgIpc) is 2.93. The molecule has 0 spiro atoms. The van der Waals surface area contributed by atoms with Crippen molar-refractivity contribution in [3.05, 3.63) is 74.5 Å². The van der Waals surface area contributed by atoms with E-state index in [4.69, 9.17) is 39.5 Å². The van der Waals surface area contributed by atoms with E-state index < -0.39 is 5.97 Å². The fourth-order valence-electron chi connectivity index (χ4n) is 3.57. The molecule has 0 unspecified atom stereocenters. The normalized spacial score (nSPS) is 13.6. The lowest BCUT2D eigenvalue weighted by atomic mass is 10.0. The van der Waals surface area contributed by atoms with Crippen LogP contribution in [-0.4, -0.2) is 34.9 Å². The molecule has 1 amide bonds. The number of halogens is 3. The third-order valence-electron chi connectivity index (χ3n) is 4.94. The standard InChI is InChI=1S/C22H17Cl3N2O3/c1-2-30-22(29)17-11-27(21(28)15-5-3-13(24)10-18(15)25)8-7-14-16-9-12(23)4-6-19(16)26-20(14)17/h3-6,9-11,26H,2,7-8H2,1H3. The zero-order valence-electron chi connectivity index (χ0n) is 16.0. The molecule has 0 radical (unpaired) electrons. The number of fused-ring (bicyclic) bond motifs is 3. The Labute approximate surface area is 188 Å². The SMILES string of the molecule is CCOC(=O)C1=CN(C(=O)c2ccc(Cl)cc2Cl)CCc2c1[nH]c1ccc(Cl)cc21. The Morgan fingerprint density at radius 1 is 1.10 bits per heavy atom. The fraction of sp³-hybridized carbons (Fsp3) is 0.182. The Morgan fingerprint density at radius 3 is 2.57 bits per heavy atom. The zero-order valence-corrected chi connectivity index (χ0v) is 18.2. The highest BCUT2D eigenvalue weighted by Crippen LogP contribution is 2.33. The first-order valence-corrected chi connectivity index (χ1v) is 10.5. The lowest BCUT2D eigenvalue weighted by Gasteiger charge is -2.18. The number of aromatic nitrogens is 1. The summed E-state index contributed by atoms with van der Waals surface area (Å²) in [6.07, 6.45) is 2.04. The number of esters is 1. The van der Waals surface area contributed by atoms with Gasteiger partial charge in [-0.3, -0.25) is 4.79 Å². The topological polar surface area (TPSA) is 62.4 Å². The Balaban J connectivity index is 1.82. The van der Waals surface area contributed by atoms with Crippen molar-refractivity contribution in [2.45, 2.75) is 13.3 Å². The molecule has 1 N–H and O–H groups in total. The van der Waals surface area contributed by atoms with E-state index in [1.165, 1.54) is 17.2 Å². The summed E-state index contributed by atoms with van der Waals surface area (Å²) in [5.74, 6) is -0.843. The predicted molar refractivity (Wildman–Crippen MR) is 119 cm³/mol. The molecule has 1 aliphatic rings. The van der Waals surface area contributed by atoms with E-state index in [0.717, 1.165) is 16.5 Å². The van der Waals surface area contributed by atoms with Gasteiger partial charge < -0.3 is 14.6 Å². The van der Waals surface area contributed by atoms with Gasteiger partial charge in [0.1, 0.15) is 0 Å². The molecule has 5 nitrogen and oxygen atoms in total. The molecule has 8 heteroatoms. The molecular weight excluding hydrogens is 447 g/mol. The van der Waals surface area contributed by atoms with Gasteiger partial charge in [0.15, 0.2) is 0 Å². The number of nitrogens with one attached hydrogen (secondary N) is 1. The first-order chi connectivity index (χ1) is 14.4. The lowest BCUT2D eigenvalue weighted by Crippen LogP contribution is -2.28. The maximum Gasteiger partial charge on any atom is 0.341 e. The van der Waals surface area contributed by atoms with Crippen LogP contribution in [0.2, 0.25) is 15.1 Å². The first-order valence-electron chi connectivity index (χ1n) is 9.34. The second kappa shape index (κ2) is 8.34. The van der Waals surface area contributed by atoms with Crippen LogP contribution < -0.4 is 0 Å². The minimum absolute atomic E-state index is 0.217. The quantitative estimate of drug-likeness (QED) is 0.505. The van der Waals surface area contributed by atoms with Crippen LogP contribution in [0.1, 0.15) is 28.5 Å². The monoisotopic (exact) mass is 462 g/mol. The third kappa shape index (κ3) is 3.81. The van der Waals surface area contributed by atoms with Crippen LogP contribution in [0, 0.1) is 0 Å². The highest BCUT2D eigenvalue weighted by atomic mass is 35.5. The van der Waals surface area contributed by atoms with E-state index >= 15 is 0 Å². The summed E-state index contributed by atoms with van der Waals surface area (Å²) in [6, 6.07) is 10.2. The number of nitrogens with zero attached hydrogens (tertiary/aromatic N) is 1. The van der Waals surface area contributed by atoms with Crippen molar-refractivity contribution < 1.29 is 14.3 Å². The van der Waals surface area contributed by atoms with Gasteiger partial charge in [0.2, 0.25) is 0 Å². The maximum atomic E-state index is 13.2. The second-order valence-electron chi connectivity index (χ2n) is 6.80. The van der Waals surface area contributed by atoms with Crippen molar-refractivity contribution in [3.8, 4) is 0 Å². The van der Waals surface area contributed by atoms with Crippen LogP contribution in [0.5, 0.6) is 0 Å².